The molecule has 0 saturated carbocycles. The zero-order valence-electron chi connectivity index (χ0n) is 14.4. The van der Waals surface area contributed by atoms with Gasteiger partial charge >= 0.3 is 0 Å². The largest absolute Gasteiger partial charge is 0.394 e. The molecule has 2 aliphatic heterocycles. The fraction of sp³-hybridized carbons (Fsp3) is 1.00. The Balaban J connectivity index is 2.09. The Kier molecular flexibility index (Phi) is 8.12. The van der Waals surface area contributed by atoms with Gasteiger partial charge in [-0.1, -0.05) is 6.92 Å². The number of ether oxygens (including phenoxy) is 4. The predicted molar refractivity (Wildman–Crippen MR) is 82.6 cm³/mol. The van der Waals surface area contributed by atoms with Crippen LogP contribution in [0.4, 0.5) is 0 Å². The first-order valence-electron chi connectivity index (χ1n) is 8.55. The second kappa shape index (κ2) is 9.66. The number of hydrogen-bond donors (Lipinski definition) is 7. The molecule has 10 atom stereocenters. The van der Waals surface area contributed by atoms with Gasteiger partial charge in [-0.15, -0.1) is 0 Å². The zero-order valence-corrected chi connectivity index (χ0v) is 14.4. The second-order valence-corrected chi connectivity index (χ2v) is 6.38. The van der Waals surface area contributed by atoms with Crippen LogP contribution in [0.5, 0.6) is 0 Å². The minimum atomic E-state index is -1.59. The fourth-order valence-corrected chi connectivity index (χ4v) is 2.95. The van der Waals surface area contributed by atoms with Gasteiger partial charge in [-0.2, -0.15) is 0 Å². The Morgan fingerprint density at radius 2 is 1.62 bits per heavy atom. The van der Waals surface area contributed by atoms with Crippen LogP contribution in [0.15, 0.2) is 0 Å². The van der Waals surface area contributed by atoms with Crippen LogP contribution >= 0.6 is 0 Å². The average molecular weight is 384 g/mol. The SMILES string of the molecule is CCCO[C@@H]1O[C@H](CO)[C@@H](O)[C@H](O[C@@H]2O[C@@H]([C@H](O)CO)[C@H](O)[C@H]2O)[C@H]1O. The summed E-state index contributed by atoms with van der Waals surface area (Å²) in [5, 5.41) is 68.5. The first-order chi connectivity index (χ1) is 12.3. The van der Waals surface area contributed by atoms with Crippen molar-refractivity contribution in [2.24, 2.45) is 0 Å². The minimum absolute atomic E-state index is 0.259. The monoisotopic (exact) mass is 384 g/mol. The summed E-state index contributed by atoms with van der Waals surface area (Å²) in [6.45, 7) is 0.832. The van der Waals surface area contributed by atoms with Crippen LogP contribution < -0.4 is 0 Å². The molecule has 2 fully saturated rings. The molecule has 0 radical (unpaired) electrons. The quantitative estimate of drug-likeness (QED) is 0.217. The van der Waals surface area contributed by atoms with Gasteiger partial charge in [0.1, 0.15) is 48.8 Å². The van der Waals surface area contributed by atoms with E-state index in [0.29, 0.717) is 6.42 Å². The summed E-state index contributed by atoms with van der Waals surface area (Å²) in [5.74, 6) is 0. The van der Waals surface area contributed by atoms with Crippen molar-refractivity contribution in [2.45, 2.75) is 74.8 Å². The van der Waals surface area contributed by atoms with Crippen molar-refractivity contribution in [1.82, 2.24) is 0 Å². The van der Waals surface area contributed by atoms with Crippen LogP contribution in [0.3, 0.4) is 0 Å². The second-order valence-electron chi connectivity index (χ2n) is 6.38. The maximum Gasteiger partial charge on any atom is 0.187 e. The van der Waals surface area contributed by atoms with Crippen molar-refractivity contribution in [3.05, 3.63) is 0 Å². The summed E-state index contributed by atoms with van der Waals surface area (Å²) >= 11 is 0. The molecule has 0 aromatic rings. The molecule has 0 bridgehead atoms. The molecular weight excluding hydrogens is 356 g/mol. The highest BCUT2D eigenvalue weighted by Crippen LogP contribution is 2.30. The Morgan fingerprint density at radius 1 is 0.923 bits per heavy atom. The van der Waals surface area contributed by atoms with Gasteiger partial charge < -0.3 is 54.7 Å². The highest BCUT2D eigenvalue weighted by Gasteiger charge is 2.52. The Morgan fingerprint density at radius 3 is 2.19 bits per heavy atom. The molecule has 7 N–H and O–H groups in total. The summed E-state index contributed by atoms with van der Waals surface area (Å²) in [4.78, 5) is 0. The van der Waals surface area contributed by atoms with E-state index in [1.165, 1.54) is 0 Å². The lowest BCUT2D eigenvalue weighted by Gasteiger charge is -2.42. The van der Waals surface area contributed by atoms with E-state index in [9.17, 15) is 30.6 Å². The maximum atomic E-state index is 10.4. The van der Waals surface area contributed by atoms with Gasteiger partial charge in [0.05, 0.1) is 13.2 Å². The summed E-state index contributed by atoms with van der Waals surface area (Å²) in [6, 6.07) is 0. The van der Waals surface area contributed by atoms with Crippen LogP contribution in [0.25, 0.3) is 0 Å². The minimum Gasteiger partial charge on any atom is -0.394 e. The third kappa shape index (κ3) is 4.51. The molecule has 0 aromatic carbocycles. The summed E-state index contributed by atoms with van der Waals surface area (Å²) < 4.78 is 21.3. The Labute approximate surface area is 150 Å². The Bertz CT molecular complexity index is 424. The molecule has 0 unspecified atom stereocenters. The Hall–Kier alpha value is -0.440. The lowest BCUT2D eigenvalue weighted by molar-refractivity contribution is -0.331. The van der Waals surface area contributed by atoms with Crippen LogP contribution in [-0.4, -0.2) is 117 Å². The van der Waals surface area contributed by atoms with Gasteiger partial charge in [-0.25, -0.2) is 0 Å². The highest BCUT2D eigenvalue weighted by molar-refractivity contribution is 4.95. The molecule has 2 aliphatic rings. The molecular formula is C15H28O11. The van der Waals surface area contributed by atoms with Gasteiger partial charge in [-0.05, 0) is 6.42 Å². The van der Waals surface area contributed by atoms with E-state index < -0.39 is 74.6 Å². The summed E-state index contributed by atoms with van der Waals surface area (Å²) in [5.41, 5.74) is 0. The normalized spacial score (nSPS) is 45.0. The third-order valence-electron chi connectivity index (χ3n) is 4.42. The van der Waals surface area contributed by atoms with Crippen LogP contribution in [-0.2, 0) is 18.9 Å². The molecule has 2 rings (SSSR count). The molecule has 0 amide bonds. The lowest BCUT2D eigenvalue weighted by atomic mass is 9.98. The van der Waals surface area contributed by atoms with E-state index in [2.05, 4.69) is 0 Å². The van der Waals surface area contributed by atoms with Gasteiger partial charge in [0.25, 0.3) is 0 Å². The molecule has 0 aromatic heterocycles. The number of hydrogen-bond acceptors (Lipinski definition) is 11. The average Bonchev–Trinajstić information content (AvgIpc) is 2.92. The first kappa shape index (κ1) is 21.9. The molecule has 2 heterocycles. The van der Waals surface area contributed by atoms with E-state index in [0.717, 1.165) is 0 Å². The van der Waals surface area contributed by atoms with E-state index >= 15 is 0 Å². The fourth-order valence-electron chi connectivity index (χ4n) is 2.95. The van der Waals surface area contributed by atoms with Crippen LogP contribution in [0.2, 0.25) is 0 Å². The van der Waals surface area contributed by atoms with Crippen molar-refractivity contribution >= 4 is 0 Å². The van der Waals surface area contributed by atoms with Crippen LogP contribution in [0, 0.1) is 0 Å². The van der Waals surface area contributed by atoms with E-state index in [1.807, 2.05) is 6.92 Å². The van der Waals surface area contributed by atoms with Gasteiger partial charge in [0.15, 0.2) is 12.6 Å². The van der Waals surface area contributed by atoms with Crippen molar-refractivity contribution in [3.8, 4) is 0 Å². The molecule has 0 spiro atoms. The van der Waals surface area contributed by atoms with Gasteiger partial charge in [0, 0.05) is 6.61 Å². The molecule has 2 saturated heterocycles. The zero-order chi connectivity index (χ0) is 19.4. The third-order valence-corrected chi connectivity index (χ3v) is 4.42. The smallest absolute Gasteiger partial charge is 0.187 e. The van der Waals surface area contributed by atoms with E-state index in [4.69, 9.17) is 24.1 Å². The lowest BCUT2D eigenvalue weighted by Crippen LogP contribution is -2.61. The molecule has 11 heteroatoms. The van der Waals surface area contributed by atoms with E-state index in [-0.39, 0.29) is 6.61 Å². The van der Waals surface area contributed by atoms with Crippen molar-refractivity contribution in [2.75, 3.05) is 19.8 Å². The van der Waals surface area contributed by atoms with Crippen molar-refractivity contribution in [3.63, 3.8) is 0 Å². The maximum absolute atomic E-state index is 10.4. The number of aliphatic hydroxyl groups excluding tert-OH is 7. The van der Waals surface area contributed by atoms with E-state index in [1.54, 1.807) is 0 Å². The highest BCUT2D eigenvalue weighted by atomic mass is 16.7. The molecule has 11 nitrogen and oxygen atoms in total. The summed E-state index contributed by atoms with van der Waals surface area (Å²) in [7, 11) is 0. The van der Waals surface area contributed by atoms with Crippen LogP contribution in [0.1, 0.15) is 13.3 Å². The van der Waals surface area contributed by atoms with Crippen molar-refractivity contribution in [1.29, 1.82) is 0 Å². The number of aliphatic hydroxyl groups is 7. The molecule has 0 aliphatic carbocycles. The topological polar surface area (TPSA) is 179 Å². The first-order valence-corrected chi connectivity index (χ1v) is 8.55. The summed E-state index contributed by atoms with van der Waals surface area (Å²) in [6.07, 6.45) is -13.3. The predicted octanol–water partition coefficient (Wildman–Crippen LogP) is -3.96. The molecule has 154 valence electrons. The number of rotatable bonds is 8. The van der Waals surface area contributed by atoms with Gasteiger partial charge in [0.2, 0.25) is 0 Å². The molecule has 26 heavy (non-hydrogen) atoms. The standard InChI is InChI=1S/C15H28O11/c1-2-3-23-14-11(22)13(8(19)7(5-17)24-14)26-15-10(21)9(20)12(25-15)6(18)4-16/h6-22H,2-5H2,1H3/t6-,7-,8-,9-,10-,11-,12+,13+,14-,15+/m1/s1. The van der Waals surface area contributed by atoms with Crippen molar-refractivity contribution < 1.29 is 54.7 Å². The van der Waals surface area contributed by atoms with Gasteiger partial charge in [-0.3, -0.25) is 0 Å².